The molecule has 0 atom stereocenters. The second-order valence-electron chi connectivity index (χ2n) is 3.60. The molecule has 2 aromatic rings. The Morgan fingerprint density at radius 3 is 2.83 bits per heavy atom. The molecule has 2 heterocycles. The Morgan fingerprint density at radius 2 is 2.22 bits per heavy atom. The standard InChI is InChI=1S/C10H11ClN4O3/c1-6-7(11)4-15(14-6)5-9-13-12-8(18-9)3-10(16)17-2/h4H,3,5H2,1-2H3. The van der Waals surface area contributed by atoms with Gasteiger partial charge in [-0.3, -0.25) is 9.48 Å². The average Bonchev–Trinajstić information content (AvgIpc) is 2.87. The smallest absolute Gasteiger partial charge is 0.315 e. The Morgan fingerprint density at radius 1 is 1.50 bits per heavy atom. The molecule has 2 rings (SSSR count). The maximum absolute atomic E-state index is 11.0. The van der Waals surface area contributed by atoms with E-state index >= 15 is 0 Å². The zero-order valence-corrected chi connectivity index (χ0v) is 10.6. The number of ether oxygens (including phenoxy) is 1. The first-order valence-corrected chi connectivity index (χ1v) is 5.54. The summed E-state index contributed by atoms with van der Waals surface area (Å²) in [5.41, 5.74) is 0.728. The molecule has 0 spiro atoms. The van der Waals surface area contributed by atoms with Gasteiger partial charge in [-0.05, 0) is 6.92 Å². The van der Waals surface area contributed by atoms with Crippen LogP contribution in [0.5, 0.6) is 0 Å². The van der Waals surface area contributed by atoms with Gasteiger partial charge < -0.3 is 9.15 Å². The highest BCUT2D eigenvalue weighted by atomic mass is 35.5. The van der Waals surface area contributed by atoms with Crippen molar-refractivity contribution < 1.29 is 13.9 Å². The highest BCUT2D eigenvalue weighted by Crippen LogP contribution is 2.13. The molecule has 0 aromatic carbocycles. The fourth-order valence-corrected chi connectivity index (χ4v) is 1.48. The summed E-state index contributed by atoms with van der Waals surface area (Å²) in [6, 6.07) is 0. The highest BCUT2D eigenvalue weighted by molar-refractivity contribution is 6.31. The maximum Gasteiger partial charge on any atom is 0.315 e. The van der Waals surface area contributed by atoms with Gasteiger partial charge in [0.15, 0.2) is 0 Å². The van der Waals surface area contributed by atoms with Gasteiger partial charge in [-0.2, -0.15) is 5.10 Å². The summed E-state index contributed by atoms with van der Waals surface area (Å²) in [4.78, 5) is 11.0. The lowest BCUT2D eigenvalue weighted by molar-refractivity contribution is -0.140. The molecule has 8 heteroatoms. The normalized spacial score (nSPS) is 10.6. The van der Waals surface area contributed by atoms with Crippen LogP contribution in [0.15, 0.2) is 10.6 Å². The van der Waals surface area contributed by atoms with E-state index in [0.29, 0.717) is 17.5 Å². The molecule has 0 bridgehead atoms. The van der Waals surface area contributed by atoms with Crippen LogP contribution in [0.25, 0.3) is 0 Å². The van der Waals surface area contributed by atoms with Crippen molar-refractivity contribution in [1.29, 1.82) is 0 Å². The molecule has 0 fully saturated rings. The van der Waals surface area contributed by atoms with Crippen molar-refractivity contribution in [2.45, 2.75) is 19.9 Å². The molecule has 0 radical (unpaired) electrons. The SMILES string of the molecule is COC(=O)Cc1nnc(Cn2cc(Cl)c(C)n2)o1. The van der Waals surface area contributed by atoms with Crippen molar-refractivity contribution in [3.8, 4) is 0 Å². The van der Waals surface area contributed by atoms with Gasteiger partial charge in [-0.25, -0.2) is 0 Å². The number of halogens is 1. The molecule has 0 unspecified atom stereocenters. The molecule has 0 aliphatic rings. The number of hydrogen-bond acceptors (Lipinski definition) is 6. The second kappa shape index (κ2) is 5.18. The first-order chi connectivity index (χ1) is 8.58. The molecular formula is C10H11ClN4O3. The number of carbonyl (C=O) groups is 1. The van der Waals surface area contributed by atoms with Crippen LogP contribution in [-0.4, -0.2) is 33.1 Å². The fourth-order valence-electron chi connectivity index (χ4n) is 1.33. The number of methoxy groups -OCH3 is 1. The molecule has 0 N–H and O–H groups in total. The first kappa shape index (κ1) is 12.6. The highest BCUT2D eigenvalue weighted by Gasteiger charge is 2.12. The maximum atomic E-state index is 11.0. The summed E-state index contributed by atoms with van der Waals surface area (Å²) >= 11 is 5.88. The van der Waals surface area contributed by atoms with Crippen molar-refractivity contribution in [3.63, 3.8) is 0 Å². The van der Waals surface area contributed by atoms with E-state index in [4.69, 9.17) is 16.0 Å². The van der Waals surface area contributed by atoms with Gasteiger partial charge in [0.05, 0.1) is 17.8 Å². The van der Waals surface area contributed by atoms with Crippen molar-refractivity contribution in [2.75, 3.05) is 7.11 Å². The number of rotatable bonds is 4. The molecule has 0 amide bonds. The van der Waals surface area contributed by atoms with E-state index < -0.39 is 5.97 Å². The third-order valence-corrected chi connectivity index (χ3v) is 2.59. The van der Waals surface area contributed by atoms with Gasteiger partial charge in [0.2, 0.25) is 11.8 Å². The van der Waals surface area contributed by atoms with Crippen LogP contribution in [0.2, 0.25) is 5.02 Å². The Hall–Kier alpha value is -1.89. The van der Waals surface area contributed by atoms with E-state index in [1.165, 1.54) is 7.11 Å². The molecule has 18 heavy (non-hydrogen) atoms. The third-order valence-electron chi connectivity index (χ3n) is 2.22. The van der Waals surface area contributed by atoms with E-state index in [0.717, 1.165) is 5.69 Å². The summed E-state index contributed by atoms with van der Waals surface area (Å²) in [6.45, 7) is 2.11. The number of aryl methyl sites for hydroxylation is 1. The third kappa shape index (κ3) is 2.86. The number of esters is 1. The molecule has 7 nitrogen and oxygen atoms in total. The molecule has 0 saturated carbocycles. The molecular weight excluding hydrogens is 260 g/mol. The van der Waals surface area contributed by atoms with Gasteiger partial charge in [0.1, 0.15) is 13.0 Å². The van der Waals surface area contributed by atoms with Crippen molar-refractivity contribution in [2.24, 2.45) is 0 Å². The zero-order chi connectivity index (χ0) is 13.1. The average molecular weight is 271 g/mol. The van der Waals surface area contributed by atoms with Crippen LogP contribution in [0.4, 0.5) is 0 Å². The minimum atomic E-state index is -0.428. The summed E-state index contributed by atoms with van der Waals surface area (Å²) in [5, 5.41) is 12.3. The van der Waals surface area contributed by atoms with Gasteiger partial charge in [-0.15, -0.1) is 10.2 Å². The topological polar surface area (TPSA) is 83.0 Å². The lowest BCUT2D eigenvalue weighted by Crippen LogP contribution is -2.04. The fraction of sp³-hybridized carbons (Fsp3) is 0.400. The van der Waals surface area contributed by atoms with E-state index in [-0.39, 0.29) is 12.3 Å². The van der Waals surface area contributed by atoms with Crippen LogP contribution >= 0.6 is 11.6 Å². The Balaban J connectivity index is 2.04. The van der Waals surface area contributed by atoms with E-state index in [1.807, 2.05) is 0 Å². The number of aromatic nitrogens is 4. The van der Waals surface area contributed by atoms with Crippen molar-refractivity contribution in [3.05, 3.63) is 28.7 Å². The zero-order valence-electron chi connectivity index (χ0n) is 9.88. The van der Waals surface area contributed by atoms with Gasteiger partial charge >= 0.3 is 5.97 Å². The number of nitrogens with zero attached hydrogens (tertiary/aromatic N) is 4. The van der Waals surface area contributed by atoms with Crippen LogP contribution in [0.3, 0.4) is 0 Å². The minimum Gasteiger partial charge on any atom is -0.469 e. The first-order valence-electron chi connectivity index (χ1n) is 5.16. The number of hydrogen-bond donors (Lipinski definition) is 0. The van der Waals surface area contributed by atoms with Crippen LogP contribution in [0, 0.1) is 6.92 Å². The van der Waals surface area contributed by atoms with Gasteiger partial charge in [0.25, 0.3) is 0 Å². The predicted octanol–water partition coefficient (Wildman–Crippen LogP) is 0.992. The quantitative estimate of drug-likeness (QED) is 0.771. The Bertz CT molecular complexity index is 544. The summed E-state index contributed by atoms with van der Waals surface area (Å²) in [5.74, 6) is 0.142. The van der Waals surface area contributed by atoms with E-state index in [1.54, 1.807) is 17.8 Å². The summed E-state index contributed by atoms with van der Waals surface area (Å²) in [6.07, 6.45) is 1.63. The minimum absolute atomic E-state index is 0.0393. The van der Waals surface area contributed by atoms with Crippen molar-refractivity contribution >= 4 is 17.6 Å². The molecule has 0 aliphatic heterocycles. The predicted molar refractivity (Wildman–Crippen MR) is 61.1 cm³/mol. The van der Waals surface area contributed by atoms with Crippen LogP contribution in [0.1, 0.15) is 17.5 Å². The summed E-state index contributed by atoms with van der Waals surface area (Å²) in [7, 11) is 1.30. The molecule has 96 valence electrons. The Labute approximate surface area is 108 Å². The van der Waals surface area contributed by atoms with E-state index in [2.05, 4.69) is 20.0 Å². The van der Waals surface area contributed by atoms with Gasteiger partial charge in [0, 0.05) is 6.20 Å². The Kier molecular flexibility index (Phi) is 3.61. The lowest BCUT2D eigenvalue weighted by Gasteiger charge is -1.95. The van der Waals surface area contributed by atoms with Crippen LogP contribution in [-0.2, 0) is 22.5 Å². The largest absolute Gasteiger partial charge is 0.469 e. The molecule has 2 aromatic heterocycles. The summed E-state index contributed by atoms with van der Waals surface area (Å²) < 4.78 is 11.4. The lowest BCUT2D eigenvalue weighted by atomic mass is 10.4. The van der Waals surface area contributed by atoms with Crippen LogP contribution < -0.4 is 0 Å². The second-order valence-corrected chi connectivity index (χ2v) is 4.01. The molecule has 0 aliphatic carbocycles. The molecule has 0 saturated heterocycles. The number of carbonyl (C=O) groups excluding carboxylic acids is 1. The van der Waals surface area contributed by atoms with Crippen molar-refractivity contribution in [1.82, 2.24) is 20.0 Å². The van der Waals surface area contributed by atoms with E-state index in [9.17, 15) is 4.79 Å². The monoisotopic (exact) mass is 270 g/mol. The van der Waals surface area contributed by atoms with Gasteiger partial charge in [-0.1, -0.05) is 11.6 Å².